The predicted molar refractivity (Wildman–Crippen MR) is 171 cm³/mol. The molecule has 0 atom stereocenters. The van der Waals surface area contributed by atoms with Gasteiger partial charge in [-0.1, -0.05) is 71.4 Å². The number of nitrogens with one attached hydrogen (secondary N) is 2. The summed E-state index contributed by atoms with van der Waals surface area (Å²) in [6.45, 7) is 11.3. The predicted octanol–water partition coefficient (Wildman–Crippen LogP) is 7.44. The second-order valence-corrected chi connectivity index (χ2v) is 11.1. The van der Waals surface area contributed by atoms with Gasteiger partial charge in [0, 0.05) is 42.4 Å². The molecule has 0 fully saturated rings. The van der Waals surface area contributed by atoms with Crippen molar-refractivity contribution in [1.29, 1.82) is 0 Å². The Labute approximate surface area is 247 Å². The van der Waals surface area contributed by atoms with Crippen molar-refractivity contribution in [2.45, 2.75) is 65.7 Å². The molecule has 3 N–H and O–H groups in total. The van der Waals surface area contributed by atoms with E-state index in [1.54, 1.807) is 11.1 Å². The SMILES string of the molecule is CCCCN(C(=O)Nc1c(C(C)C)cccc1C(C)C)c1c(-c2cccc(OCCCO)c2)c2cccnc2[nH]c1=O. The van der Waals surface area contributed by atoms with Crippen LogP contribution in [0.5, 0.6) is 5.75 Å². The van der Waals surface area contributed by atoms with Gasteiger partial charge in [-0.25, -0.2) is 9.78 Å². The van der Waals surface area contributed by atoms with Crippen LogP contribution < -0.4 is 20.5 Å². The van der Waals surface area contributed by atoms with Gasteiger partial charge in [-0.15, -0.1) is 0 Å². The summed E-state index contributed by atoms with van der Waals surface area (Å²) in [5.74, 6) is 1.01. The maximum atomic E-state index is 14.3. The molecule has 8 heteroatoms. The van der Waals surface area contributed by atoms with E-state index in [1.807, 2.05) is 54.6 Å². The van der Waals surface area contributed by atoms with Crippen LogP contribution in [-0.2, 0) is 0 Å². The molecule has 0 bridgehead atoms. The fraction of sp³-hybridized carbons (Fsp3) is 0.382. The maximum Gasteiger partial charge on any atom is 0.326 e. The summed E-state index contributed by atoms with van der Waals surface area (Å²) in [5, 5.41) is 13.1. The van der Waals surface area contributed by atoms with E-state index in [2.05, 4.69) is 49.9 Å². The number of anilines is 2. The number of rotatable bonds is 12. The molecule has 0 aliphatic rings. The molecule has 0 aliphatic carbocycles. The minimum atomic E-state index is -0.393. The number of fused-ring (bicyclic) bond motifs is 1. The number of carbonyl (C=O) groups excluding carboxylic acids is 1. The Bertz CT molecular complexity index is 1550. The second-order valence-electron chi connectivity index (χ2n) is 11.1. The number of amides is 2. The lowest BCUT2D eigenvalue weighted by Gasteiger charge is -2.28. The van der Waals surface area contributed by atoms with Crippen LogP contribution in [0.3, 0.4) is 0 Å². The first-order valence-corrected chi connectivity index (χ1v) is 14.8. The lowest BCUT2D eigenvalue weighted by atomic mass is 9.92. The lowest BCUT2D eigenvalue weighted by molar-refractivity contribution is 0.233. The van der Waals surface area contributed by atoms with E-state index < -0.39 is 5.56 Å². The van der Waals surface area contributed by atoms with Crippen LogP contribution in [0.15, 0.2) is 65.6 Å². The minimum Gasteiger partial charge on any atom is -0.493 e. The van der Waals surface area contributed by atoms with Crippen LogP contribution in [0.4, 0.5) is 16.2 Å². The van der Waals surface area contributed by atoms with Crippen molar-refractivity contribution in [3.8, 4) is 16.9 Å². The molecule has 2 heterocycles. The summed E-state index contributed by atoms with van der Waals surface area (Å²) in [5.41, 5.74) is 4.56. The molecule has 42 heavy (non-hydrogen) atoms. The Balaban J connectivity index is 1.90. The van der Waals surface area contributed by atoms with Gasteiger partial charge in [0.05, 0.1) is 6.61 Å². The molecule has 2 amide bonds. The van der Waals surface area contributed by atoms with Crippen LogP contribution >= 0.6 is 0 Å². The van der Waals surface area contributed by atoms with Crippen molar-refractivity contribution >= 4 is 28.4 Å². The molecule has 0 saturated carbocycles. The highest BCUT2D eigenvalue weighted by atomic mass is 16.5. The van der Waals surface area contributed by atoms with Crippen LogP contribution in [0.2, 0.25) is 0 Å². The number of nitrogens with zero attached hydrogens (tertiary/aromatic N) is 2. The average Bonchev–Trinajstić information content (AvgIpc) is 2.97. The molecule has 4 aromatic rings. The van der Waals surface area contributed by atoms with Gasteiger partial charge in [0.25, 0.3) is 5.56 Å². The van der Waals surface area contributed by atoms with Crippen molar-refractivity contribution < 1.29 is 14.6 Å². The molecular weight excluding hydrogens is 528 g/mol. The summed E-state index contributed by atoms with van der Waals surface area (Å²) < 4.78 is 5.86. The molecule has 8 nitrogen and oxygen atoms in total. The van der Waals surface area contributed by atoms with Crippen LogP contribution in [-0.4, -0.2) is 40.9 Å². The standard InChI is InChI=1S/C34H42N4O4/c1-6-7-18-38(34(41)36-30-26(22(2)3)14-9-15-27(30)23(4)5)31-29(28-16-10-17-35-32(28)37-33(31)40)24-12-8-13-25(21-24)42-20-11-19-39/h8-10,12-17,21-23,39H,6-7,11,18-20H2,1-5H3,(H,36,41)(H,35,37,40). The molecule has 222 valence electrons. The fourth-order valence-corrected chi connectivity index (χ4v) is 5.16. The number of ether oxygens (including phenoxy) is 1. The van der Waals surface area contributed by atoms with E-state index in [-0.39, 0.29) is 30.2 Å². The molecule has 0 radical (unpaired) electrons. The monoisotopic (exact) mass is 570 g/mol. The number of aromatic nitrogens is 2. The summed E-state index contributed by atoms with van der Waals surface area (Å²) in [7, 11) is 0. The zero-order valence-corrected chi connectivity index (χ0v) is 25.2. The zero-order valence-electron chi connectivity index (χ0n) is 25.2. The third kappa shape index (κ3) is 6.82. The third-order valence-electron chi connectivity index (χ3n) is 7.31. The van der Waals surface area contributed by atoms with Gasteiger partial charge in [-0.3, -0.25) is 9.69 Å². The molecule has 0 saturated heterocycles. The quantitative estimate of drug-likeness (QED) is 0.154. The highest BCUT2D eigenvalue weighted by Gasteiger charge is 2.27. The molecule has 4 rings (SSSR count). The molecule has 0 spiro atoms. The average molecular weight is 571 g/mol. The van der Waals surface area contributed by atoms with Crippen LogP contribution in [0.25, 0.3) is 22.2 Å². The van der Waals surface area contributed by atoms with E-state index in [4.69, 9.17) is 4.74 Å². The summed E-state index contributed by atoms with van der Waals surface area (Å²) >= 11 is 0. The largest absolute Gasteiger partial charge is 0.493 e. The van der Waals surface area contributed by atoms with Crippen molar-refractivity contribution in [2.75, 3.05) is 30.0 Å². The summed E-state index contributed by atoms with van der Waals surface area (Å²) in [4.78, 5) is 37.0. The number of urea groups is 1. The Morgan fingerprint density at radius 2 is 1.74 bits per heavy atom. The maximum absolute atomic E-state index is 14.3. The van der Waals surface area contributed by atoms with Crippen LogP contribution in [0.1, 0.15) is 76.8 Å². The molecule has 2 aromatic heterocycles. The number of H-pyrrole nitrogens is 1. The Kier molecular flexibility index (Phi) is 10.4. The van der Waals surface area contributed by atoms with Crippen molar-refractivity contribution in [2.24, 2.45) is 0 Å². The topological polar surface area (TPSA) is 108 Å². The van der Waals surface area contributed by atoms with Crippen molar-refractivity contribution in [1.82, 2.24) is 9.97 Å². The van der Waals surface area contributed by atoms with Gasteiger partial charge < -0.3 is 20.1 Å². The molecule has 0 unspecified atom stereocenters. The van der Waals surface area contributed by atoms with Crippen LogP contribution in [0, 0.1) is 0 Å². The molecular formula is C34H42N4O4. The van der Waals surface area contributed by atoms with Crippen molar-refractivity contribution in [3.05, 3.63) is 82.3 Å². The third-order valence-corrected chi connectivity index (χ3v) is 7.31. The number of pyridine rings is 2. The first-order chi connectivity index (χ1) is 20.3. The number of aliphatic hydroxyl groups excluding tert-OH is 1. The smallest absolute Gasteiger partial charge is 0.326 e. The molecule has 0 aliphatic heterocycles. The minimum absolute atomic E-state index is 0.0359. The number of hydrogen-bond acceptors (Lipinski definition) is 5. The van der Waals surface area contributed by atoms with Crippen molar-refractivity contribution in [3.63, 3.8) is 0 Å². The highest BCUT2D eigenvalue weighted by Crippen LogP contribution is 2.37. The number of para-hydroxylation sites is 1. The first kappa shape index (κ1) is 30.8. The lowest BCUT2D eigenvalue weighted by Crippen LogP contribution is -2.40. The van der Waals surface area contributed by atoms with Gasteiger partial charge in [0.1, 0.15) is 17.1 Å². The summed E-state index contributed by atoms with van der Waals surface area (Å²) in [6, 6.07) is 17.0. The van der Waals surface area contributed by atoms with E-state index in [0.717, 1.165) is 34.2 Å². The number of carbonyl (C=O) groups is 1. The normalized spacial score (nSPS) is 11.3. The Morgan fingerprint density at radius 3 is 2.40 bits per heavy atom. The first-order valence-electron chi connectivity index (χ1n) is 14.8. The number of unbranched alkanes of at least 4 members (excludes halogenated alkanes) is 1. The Hall–Kier alpha value is -4.17. The number of aromatic amines is 1. The zero-order chi connectivity index (χ0) is 30.2. The van der Waals surface area contributed by atoms with Gasteiger partial charge >= 0.3 is 6.03 Å². The number of benzene rings is 2. The van der Waals surface area contributed by atoms with E-state index >= 15 is 0 Å². The number of aliphatic hydroxyl groups is 1. The Morgan fingerprint density at radius 1 is 1.02 bits per heavy atom. The second kappa shape index (κ2) is 14.1. The highest BCUT2D eigenvalue weighted by molar-refractivity contribution is 6.09. The van der Waals surface area contributed by atoms with Gasteiger partial charge in [-0.2, -0.15) is 0 Å². The van der Waals surface area contributed by atoms with E-state index in [1.165, 1.54) is 0 Å². The van der Waals surface area contributed by atoms with Gasteiger partial charge in [-0.05, 0) is 59.2 Å². The molecule has 2 aromatic carbocycles. The van der Waals surface area contributed by atoms with E-state index in [9.17, 15) is 14.7 Å². The fourth-order valence-electron chi connectivity index (χ4n) is 5.16. The summed E-state index contributed by atoms with van der Waals surface area (Å²) in [6.07, 6.45) is 3.70. The van der Waals surface area contributed by atoms with E-state index in [0.29, 0.717) is 43.0 Å². The number of hydrogen-bond donors (Lipinski definition) is 3. The van der Waals surface area contributed by atoms with Gasteiger partial charge in [0.2, 0.25) is 0 Å². The van der Waals surface area contributed by atoms with Gasteiger partial charge in [0.15, 0.2) is 0 Å².